The van der Waals surface area contributed by atoms with E-state index < -0.39 is 23.8 Å². The first-order valence-electron chi connectivity index (χ1n) is 5.78. The van der Waals surface area contributed by atoms with Crippen LogP contribution >= 0.6 is 0 Å². The van der Waals surface area contributed by atoms with Crippen LogP contribution in [0.1, 0.15) is 39.5 Å². The van der Waals surface area contributed by atoms with Crippen LogP contribution in [0.5, 0.6) is 0 Å². The molecular formula is C11H22N2O3. The molecule has 0 aromatic heterocycles. The van der Waals surface area contributed by atoms with E-state index in [-0.39, 0.29) is 0 Å². The zero-order valence-electron chi connectivity index (χ0n) is 10.0. The number of aliphatic carboxylic acids is 1. The highest BCUT2D eigenvalue weighted by Crippen LogP contribution is 2.08. The fourth-order valence-electron chi connectivity index (χ4n) is 1.49. The Morgan fingerprint density at radius 3 is 2.38 bits per heavy atom. The Hall–Kier alpha value is -1.10. The monoisotopic (exact) mass is 230 g/mol. The minimum Gasteiger partial charge on any atom is -0.481 e. The highest BCUT2D eigenvalue weighted by molar-refractivity contribution is 5.79. The minimum absolute atomic E-state index is 0.302. The molecule has 0 heterocycles. The number of nitrogens with one attached hydrogen (secondary N) is 1. The second-order valence-corrected chi connectivity index (χ2v) is 3.95. The molecular weight excluding hydrogens is 208 g/mol. The van der Waals surface area contributed by atoms with Crippen molar-refractivity contribution in [1.29, 1.82) is 0 Å². The molecule has 5 nitrogen and oxygen atoms in total. The zero-order chi connectivity index (χ0) is 12.6. The van der Waals surface area contributed by atoms with Crippen molar-refractivity contribution in [3.63, 3.8) is 0 Å². The van der Waals surface area contributed by atoms with Crippen molar-refractivity contribution in [3.8, 4) is 0 Å². The molecule has 0 aliphatic carbocycles. The van der Waals surface area contributed by atoms with E-state index in [1.54, 1.807) is 0 Å². The second-order valence-electron chi connectivity index (χ2n) is 3.95. The van der Waals surface area contributed by atoms with Gasteiger partial charge in [0.05, 0.1) is 12.0 Å². The summed E-state index contributed by atoms with van der Waals surface area (Å²) >= 11 is 0. The maximum absolute atomic E-state index is 10.9. The Morgan fingerprint density at radius 2 is 2.00 bits per heavy atom. The number of primary amides is 1. The topological polar surface area (TPSA) is 92.4 Å². The van der Waals surface area contributed by atoms with Crippen LogP contribution in [0, 0.1) is 5.92 Å². The molecule has 2 atom stereocenters. The molecule has 0 aromatic carbocycles. The number of hydrogen-bond donors (Lipinski definition) is 3. The minimum atomic E-state index is -0.819. The number of unbranched alkanes of at least 4 members (excludes halogenated alkanes) is 1. The second kappa shape index (κ2) is 8.10. The highest BCUT2D eigenvalue weighted by Gasteiger charge is 2.19. The predicted molar refractivity (Wildman–Crippen MR) is 61.9 cm³/mol. The van der Waals surface area contributed by atoms with Crippen LogP contribution in [-0.4, -0.2) is 29.6 Å². The van der Waals surface area contributed by atoms with Crippen LogP contribution in [0.3, 0.4) is 0 Å². The summed E-state index contributed by atoms with van der Waals surface area (Å²) in [6.07, 6.45) is 3.06. The molecule has 0 aromatic rings. The molecule has 4 N–H and O–H groups in total. The molecule has 1 amide bonds. The molecule has 0 saturated carbocycles. The number of carbonyl (C=O) groups is 2. The molecule has 0 saturated heterocycles. The van der Waals surface area contributed by atoms with Crippen molar-refractivity contribution < 1.29 is 14.7 Å². The van der Waals surface area contributed by atoms with E-state index in [4.69, 9.17) is 10.8 Å². The van der Waals surface area contributed by atoms with Gasteiger partial charge < -0.3 is 16.2 Å². The Balaban J connectivity index is 4.09. The molecule has 16 heavy (non-hydrogen) atoms. The van der Waals surface area contributed by atoms with E-state index >= 15 is 0 Å². The molecule has 5 heteroatoms. The van der Waals surface area contributed by atoms with Gasteiger partial charge in [0.1, 0.15) is 0 Å². The predicted octanol–water partition coefficient (Wildman–Crippen LogP) is 0.731. The number of carboxylic acid groups (broad SMARTS) is 1. The highest BCUT2D eigenvalue weighted by atomic mass is 16.4. The van der Waals surface area contributed by atoms with Crippen molar-refractivity contribution in [1.82, 2.24) is 5.32 Å². The Bertz CT molecular complexity index is 231. The van der Waals surface area contributed by atoms with Gasteiger partial charge in [0.2, 0.25) is 5.91 Å². The summed E-state index contributed by atoms with van der Waals surface area (Å²) in [5.41, 5.74) is 5.16. The quantitative estimate of drug-likeness (QED) is 0.544. The maximum atomic E-state index is 10.9. The molecule has 0 spiro atoms. The standard InChI is InChI=1S/C11H22N2O3/c1-3-5-6-8(11(15)16)7-13-9(4-2)10(12)14/h8-9,13H,3-7H2,1-2H3,(H2,12,14)(H,15,16)/t8?,9-/m0/s1. The van der Waals surface area contributed by atoms with Gasteiger partial charge in [-0.25, -0.2) is 0 Å². The average molecular weight is 230 g/mol. The molecule has 0 aliphatic rings. The lowest BCUT2D eigenvalue weighted by atomic mass is 10.0. The van der Waals surface area contributed by atoms with Crippen LogP contribution in [-0.2, 0) is 9.59 Å². The molecule has 0 rings (SSSR count). The van der Waals surface area contributed by atoms with Gasteiger partial charge in [-0.1, -0.05) is 26.7 Å². The van der Waals surface area contributed by atoms with Crippen molar-refractivity contribution in [2.24, 2.45) is 11.7 Å². The van der Waals surface area contributed by atoms with E-state index in [2.05, 4.69) is 5.32 Å². The summed E-state index contributed by atoms with van der Waals surface area (Å²) < 4.78 is 0. The largest absolute Gasteiger partial charge is 0.481 e. The van der Waals surface area contributed by atoms with Gasteiger partial charge in [0.25, 0.3) is 0 Å². The fraction of sp³-hybridized carbons (Fsp3) is 0.818. The Kier molecular flexibility index (Phi) is 7.54. The molecule has 1 unspecified atom stereocenters. The maximum Gasteiger partial charge on any atom is 0.307 e. The van der Waals surface area contributed by atoms with Gasteiger partial charge >= 0.3 is 5.97 Å². The van der Waals surface area contributed by atoms with Crippen LogP contribution in [0.25, 0.3) is 0 Å². The lowest BCUT2D eigenvalue weighted by molar-refractivity contribution is -0.142. The molecule has 0 fully saturated rings. The SMILES string of the molecule is CCCCC(CN[C@@H](CC)C(N)=O)C(=O)O. The van der Waals surface area contributed by atoms with E-state index in [9.17, 15) is 9.59 Å². The van der Waals surface area contributed by atoms with Crippen molar-refractivity contribution in [3.05, 3.63) is 0 Å². The molecule has 0 radical (unpaired) electrons. The fourth-order valence-corrected chi connectivity index (χ4v) is 1.49. The molecule has 0 bridgehead atoms. The Morgan fingerprint density at radius 1 is 1.38 bits per heavy atom. The number of amides is 1. The number of carbonyl (C=O) groups excluding carboxylic acids is 1. The molecule has 0 aliphatic heterocycles. The average Bonchev–Trinajstić information content (AvgIpc) is 2.22. The summed E-state index contributed by atoms with van der Waals surface area (Å²) in [7, 11) is 0. The first-order valence-corrected chi connectivity index (χ1v) is 5.78. The van der Waals surface area contributed by atoms with Crippen molar-refractivity contribution in [2.75, 3.05) is 6.54 Å². The van der Waals surface area contributed by atoms with Gasteiger partial charge in [0, 0.05) is 6.54 Å². The van der Waals surface area contributed by atoms with Crippen LogP contribution in [0.2, 0.25) is 0 Å². The lowest BCUT2D eigenvalue weighted by Gasteiger charge is -2.17. The Labute approximate surface area is 96.4 Å². The van der Waals surface area contributed by atoms with Crippen molar-refractivity contribution >= 4 is 11.9 Å². The third-order valence-electron chi connectivity index (χ3n) is 2.62. The third-order valence-corrected chi connectivity index (χ3v) is 2.62. The van der Waals surface area contributed by atoms with Gasteiger partial charge in [-0.3, -0.25) is 9.59 Å². The first-order chi connectivity index (χ1) is 7.52. The summed E-state index contributed by atoms with van der Waals surface area (Å²) in [6.45, 7) is 4.16. The van der Waals surface area contributed by atoms with Crippen LogP contribution < -0.4 is 11.1 Å². The van der Waals surface area contributed by atoms with Crippen molar-refractivity contribution in [2.45, 2.75) is 45.6 Å². The summed E-state index contributed by atoms with van der Waals surface area (Å²) in [6, 6.07) is -0.427. The van der Waals surface area contributed by atoms with E-state index in [0.29, 0.717) is 19.4 Å². The van der Waals surface area contributed by atoms with E-state index in [1.807, 2.05) is 13.8 Å². The number of rotatable bonds is 9. The lowest BCUT2D eigenvalue weighted by Crippen LogP contribution is -2.43. The van der Waals surface area contributed by atoms with E-state index in [1.165, 1.54) is 0 Å². The normalized spacial score (nSPS) is 14.4. The first kappa shape index (κ1) is 14.9. The summed E-state index contributed by atoms with van der Waals surface area (Å²) in [4.78, 5) is 21.9. The summed E-state index contributed by atoms with van der Waals surface area (Å²) in [5, 5.41) is 11.9. The number of hydrogen-bond acceptors (Lipinski definition) is 3. The van der Waals surface area contributed by atoms with Gasteiger partial charge in [0.15, 0.2) is 0 Å². The van der Waals surface area contributed by atoms with Gasteiger partial charge in [-0.2, -0.15) is 0 Å². The smallest absolute Gasteiger partial charge is 0.307 e. The number of carboxylic acids is 1. The molecule has 94 valence electrons. The summed E-state index contributed by atoms with van der Waals surface area (Å²) in [5.74, 6) is -1.68. The van der Waals surface area contributed by atoms with E-state index in [0.717, 1.165) is 12.8 Å². The third kappa shape index (κ3) is 5.70. The van der Waals surface area contributed by atoms with Gasteiger partial charge in [-0.05, 0) is 12.8 Å². The zero-order valence-corrected chi connectivity index (χ0v) is 10.0. The van der Waals surface area contributed by atoms with Gasteiger partial charge in [-0.15, -0.1) is 0 Å². The number of nitrogens with two attached hydrogens (primary N) is 1. The van der Waals surface area contributed by atoms with Crippen LogP contribution in [0.4, 0.5) is 0 Å². The van der Waals surface area contributed by atoms with Crippen LogP contribution in [0.15, 0.2) is 0 Å².